The number of rotatable bonds is 3. The van der Waals surface area contributed by atoms with Crippen LogP contribution >= 0.6 is 0 Å². The molecule has 1 aliphatic heterocycles. The van der Waals surface area contributed by atoms with Gasteiger partial charge in [-0.1, -0.05) is 25.9 Å². The van der Waals surface area contributed by atoms with Gasteiger partial charge in [0.1, 0.15) is 5.25 Å². The van der Waals surface area contributed by atoms with Gasteiger partial charge in [-0.15, -0.1) is 0 Å². The highest BCUT2D eigenvalue weighted by Crippen LogP contribution is 2.32. The molecular formula is C13H22N2O4S. The molecule has 0 spiro atoms. The minimum Gasteiger partial charge on any atom is -0.377 e. The van der Waals surface area contributed by atoms with Crippen LogP contribution in [0.3, 0.4) is 0 Å². The Bertz CT molecular complexity index is 573. The Morgan fingerprint density at radius 3 is 2.45 bits per heavy atom. The predicted octanol–water partition coefficient (Wildman–Crippen LogP) is 2.02. The van der Waals surface area contributed by atoms with Crippen LogP contribution in [0.5, 0.6) is 0 Å². The van der Waals surface area contributed by atoms with Crippen molar-refractivity contribution in [2.45, 2.75) is 63.1 Å². The Labute approximate surface area is 119 Å². The molecule has 6 nitrogen and oxygen atoms in total. The van der Waals surface area contributed by atoms with Gasteiger partial charge in [0.15, 0.2) is 15.7 Å². The van der Waals surface area contributed by atoms with E-state index in [9.17, 15) is 8.42 Å². The van der Waals surface area contributed by atoms with Gasteiger partial charge in [0.2, 0.25) is 5.89 Å². The molecule has 7 heteroatoms. The summed E-state index contributed by atoms with van der Waals surface area (Å²) in [6, 6.07) is 0. The summed E-state index contributed by atoms with van der Waals surface area (Å²) in [4.78, 5) is 4.25. The molecule has 20 heavy (non-hydrogen) atoms. The molecule has 0 aromatic carbocycles. The number of ether oxygens (including phenoxy) is 1. The van der Waals surface area contributed by atoms with E-state index in [1.165, 1.54) is 0 Å². The lowest BCUT2D eigenvalue weighted by atomic mass is 9.96. The summed E-state index contributed by atoms with van der Waals surface area (Å²) < 4.78 is 35.7. The van der Waals surface area contributed by atoms with Crippen LogP contribution in [0.1, 0.15) is 58.0 Å². The van der Waals surface area contributed by atoms with E-state index in [0.29, 0.717) is 18.9 Å². The highest BCUT2D eigenvalue weighted by atomic mass is 32.2. The third kappa shape index (κ3) is 2.74. The maximum atomic E-state index is 12.6. The summed E-state index contributed by atoms with van der Waals surface area (Å²) in [6.07, 6.45) is 0.237. The van der Waals surface area contributed by atoms with E-state index < -0.39 is 20.3 Å². The predicted molar refractivity (Wildman–Crippen MR) is 74.2 cm³/mol. The van der Waals surface area contributed by atoms with Crippen LogP contribution in [-0.2, 0) is 20.0 Å². The zero-order chi connectivity index (χ0) is 15.1. The SMILES string of the molecule is C[C@@H]1OCC[C@@H]1S(=O)(=O)[C@@H](C)c1nc(C(C)(C)C)no1. The van der Waals surface area contributed by atoms with E-state index in [0.717, 1.165) is 0 Å². The normalized spacial score (nSPS) is 25.9. The average Bonchev–Trinajstić information content (AvgIpc) is 2.95. The smallest absolute Gasteiger partial charge is 0.244 e. The minimum absolute atomic E-state index is 0.161. The molecule has 2 rings (SSSR count). The van der Waals surface area contributed by atoms with Crippen LogP contribution in [0, 0.1) is 0 Å². The van der Waals surface area contributed by atoms with Crippen molar-refractivity contribution in [2.24, 2.45) is 0 Å². The average molecular weight is 302 g/mol. The van der Waals surface area contributed by atoms with Gasteiger partial charge in [-0.05, 0) is 20.3 Å². The summed E-state index contributed by atoms with van der Waals surface area (Å²) in [5, 5.41) is 2.58. The quantitative estimate of drug-likeness (QED) is 0.849. The second-order valence-electron chi connectivity index (χ2n) is 6.34. The lowest BCUT2D eigenvalue weighted by molar-refractivity contribution is 0.126. The van der Waals surface area contributed by atoms with Crippen LogP contribution in [0.2, 0.25) is 0 Å². The second-order valence-corrected chi connectivity index (χ2v) is 8.83. The Balaban J connectivity index is 2.26. The number of hydrogen-bond donors (Lipinski definition) is 0. The van der Waals surface area contributed by atoms with Gasteiger partial charge in [0.05, 0.1) is 11.4 Å². The molecule has 1 saturated heterocycles. The first-order valence-corrected chi connectivity index (χ1v) is 8.43. The molecule has 1 aromatic heterocycles. The Kier molecular flexibility index (Phi) is 3.94. The molecule has 0 N–H and O–H groups in total. The molecule has 114 valence electrons. The van der Waals surface area contributed by atoms with Gasteiger partial charge in [0, 0.05) is 12.0 Å². The number of sulfone groups is 1. The first-order valence-electron chi connectivity index (χ1n) is 6.82. The van der Waals surface area contributed by atoms with Gasteiger partial charge < -0.3 is 9.26 Å². The molecule has 0 bridgehead atoms. The van der Waals surface area contributed by atoms with E-state index in [2.05, 4.69) is 10.1 Å². The first-order chi connectivity index (χ1) is 9.14. The molecule has 3 atom stereocenters. The van der Waals surface area contributed by atoms with E-state index in [-0.39, 0.29) is 17.4 Å². The molecule has 1 fully saturated rings. The van der Waals surface area contributed by atoms with Crippen LogP contribution in [-0.4, -0.2) is 36.5 Å². The van der Waals surface area contributed by atoms with Crippen molar-refractivity contribution in [2.75, 3.05) is 6.61 Å². The van der Waals surface area contributed by atoms with E-state index in [1.807, 2.05) is 20.8 Å². The fraction of sp³-hybridized carbons (Fsp3) is 0.846. The molecule has 0 radical (unpaired) electrons. The zero-order valence-electron chi connectivity index (χ0n) is 12.6. The monoisotopic (exact) mass is 302 g/mol. The molecule has 1 aliphatic rings. The van der Waals surface area contributed by atoms with Gasteiger partial charge >= 0.3 is 0 Å². The summed E-state index contributed by atoms with van der Waals surface area (Å²) >= 11 is 0. The van der Waals surface area contributed by atoms with Crippen molar-refractivity contribution in [3.05, 3.63) is 11.7 Å². The number of aromatic nitrogens is 2. The Hall–Kier alpha value is -0.950. The third-order valence-corrected chi connectivity index (χ3v) is 6.33. The highest BCUT2D eigenvalue weighted by Gasteiger charge is 2.42. The summed E-state index contributed by atoms with van der Waals surface area (Å²) in [5.41, 5.74) is -0.269. The Morgan fingerprint density at radius 1 is 1.35 bits per heavy atom. The fourth-order valence-corrected chi connectivity index (χ4v) is 4.19. The maximum absolute atomic E-state index is 12.6. The fourth-order valence-electron chi connectivity index (χ4n) is 2.25. The van der Waals surface area contributed by atoms with Crippen LogP contribution in [0.25, 0.3) is 0 Å². The zero-order valence-corrected chi connectivity index (χ0v) is 13.4. The van der Waals surface area contributed by atoms with Crippen LogP contribution in [0.4, 0.5) is 0 Å². The topological polar surface area (TPSA) is 82.3 Å². The van der Waals surface area contributed by atoms with E-state index in [1.54, 1.807) is 13.8 Å². The van der Waals surface area contributed by atoms with Crippen molar-refractivity contribution in [1.82, 2.24) is 10.1 Å². The van der Waals surface area contributed by atoms with Crippen molar-refractivity contribution in [3.8, 4) is 0 Å². The second kappa shape index (κ2) is 5.11. The third-order valence-electron chi connectivity index (χ3n) is 3.68. The standard InChI is InChI=1S/C13H22N2O4S/c1-8-10(6-7-18-8)20(16,17)9(2)11-14-12(15-19-11)13(3,4)5/h8-10H,6-7H2,1-5H3/t8-,9-,10-/m0/s1. The number of hydrogen-bond acceptors (Lipinski definition) is 6. The van der Waals surface area contributed by atoms with Gasteiger partial charge in [-0.2, -0.15) is 4.98 Å². The number of nitrogens with zero attached hydrogens (tertiary/aromatic N) is 2. The van der Waals surface area contributed by atoms with Gasteiger partial charge in [-0.3, -0.25) is 0 Å². The largest absolute Gasteiger partial charge is 0.377 e. The lowest BCUT2D eigenvalue weighted by Crippen LogP contribution is -2.31. The van der Waals surface area contributed by atoms with Crippen molar-refractivity contribution < 1.29 is 17.7 Å². The molecular weight excluding hydrogens is 280 g/mol. The van der Waals surface area contributed by atoms with Crippen molar-refractivity contribution >= 4 is 9.84 Å². The molecule has 0 amide bonds. The summed E-state index contributed by atoms with van der Waals surface area (Å²) in [6.45, 7) is 9.72. The van der Waals surface area contributed by atoms with Crippen LogP contribution < -0.4 is 0 Å². The summed E-state index contributed by atoms with van der Waals surface area (Å²) in [5.74, 6) is 0.680. The minimum atomic E-state index is -3.39. The van der Waals surface area contributed by atoms with E-state index in [4.69, 9.17) is 9.26 Å². The first kappa shape index (κ1) is 15.4. The van der Waals surface area contributed by atoms with Gasteiger partial charge in [-0.25, -0.2) is 8.42 Å². The molecule has 2 heterocycles. The van der Waals surface area contributed by atoms with E-state index >= 15 is 0 Å². The molecule has 0 aliphatic carbocycles. The van der Waals surface area contributed by atoms with Crippen molar-refractivity contribution in [3.63, 3.8) is 0 Å². The molecule has 1 aromatic rings. The molecule has 0 unspecified atom stereocenters. The Morgan fingerprint density at radius 2 is 2.00 bits per heavy atom. The maximum Gasteiger partial charge on any atom is 0.244 e. The lowest BCUT2D eigenvalue weighted by Gasteiger charge is -2.18. The van der Waals surface area contributed by atoms with Crippen LogP contribution in [0.15, 0.2) is 4.52 Å². The molecule has 0 saturated carbocycles. The highest BCUT2D eigenvalue weighted by molar-refractivity contribution is 7.92. The van der Waals surface area contributed by atoms with Gasteiger partial charge in [0.25, 0.3) is 0 Å². The summed E-state index contributed by atoms with van der Waals surface area (Å²) in [7, 11) is -3.39. The van der Waals surface area contributed by atoms with Crippen molar-refractivity contribution in [1.29, 1.82) is 0 Å².